The van der Waals surface area contributed by atoms with Crippen molar-refractivity contribution in [2.75, 3.05) is 7.11 Å². The Kier molecular flexibility index (Phi) is 6.50. The molecule has 1 atom stereocenters. The van der Waals surface area contributed by atoms with Crippen LogP contribution < -0.4 is 5.19 Å². The van der Waals surface area contributed by atoms with E-state index in [0.717, 1.165) is 0 Å². The third kappa shape index (κ3) is 4.04. The number of unbranched alkanes of at least 4 members (excludes halogenated alkanes) is 3. The molecule has 0 heterocycles. The van der Waals surface area contributed by atoms with Crippen LogP contribution in [0.5, 0.6) is 0 Å². The van der Waals surface area contributed by atoms with E-state index in [1.165, 1.54) is 31.7 Å². The molecule has 19 heavy (non-hydrogen) atoms. The van der Waals surface area contributed by atoms with Crippen LogP contribution in [-0.4, -0.2) is 22.5 Å². The van der Waals surface area contributed by atoms with E-state index in [2.05, 4.69) is 56.9 Å². The van der Waals surface area contributed by atoms with Crippen LogP contribution >= 0.6 is 0 Å². The van der Waals surface area contributed by atoms with Gasteiger partial charge in [0.05, 0.1) is 0 Å². The van der Waals surface area contributed by atoms with Crippen LogP contribution in [0, 0.1) is 0 Å². The fourth-order valence-corrected chi connectivity index (χ4v) is 12.9. The Morgan fingerprint density at radius 1 is 0.947 bits per heavy atom. The molecule has 0 saturated heterocycles. The van der Waals surface area contributed by atoms with Gasteiger partial charge in [-0.3, -0.25) is 0 Å². The van der Waals surface area contributed by atoms with Crippen LogP contribution in [0.2, 0.25) is 25.7 Å². The summed E-state index contributed by atoms with van der Waals surface area (Å²) in [6.07, 6.45) is 5.38. The maximum Gasteiger partial charge on any atom is 0.181 e. The van der Waals surface area contributed by atoms with E-state index in [4.69, 9.17) is 4.43 Å². The first-order chi connectivity index (χ1) is 8.98. The van der Waals surface area contributed by atoms with Gasteiger partial charge in [-0.1, -0.05) is 81.2 Å². The Morgan fingerprint density at radius 2 is 1.58 bits per heavy atom. The van der Waals surface area contributed by atoms with Gasteiger partial charge in [0.2, 0.25) is 0 Å². The van der Waals surface area contributed by atoms with Crippen molar-refractivity contribution in [2.45, 2.75) is 58.3 Å². The molecule has 0 amide bonds. The summed E-state index contributed by atoms with van der Waals surface area (Å²) in [6.45, 7) is 9.73. The lowest BCUT2D eigenvalue weighted by Crippen LogP contribution is -2.65. The van der Waals surface area contributed by atoms with Crippen LogP contribution in [0.25, 0.3) is 0 Å². The summed E-state index contributed by atoms with van der Waals surface area (Å²) >= 11 is 0. The molecule has 1 aromatic rings. The molecular weight excluding hydrogens is 264 g/mol. The quantitative estimate of drug-likeness (QED) is 0.507. The molecule has 0 fully saturated rings. The largest absolute Gasteiger partial charge is 0.422 e. The number of rotatable bonds is 8. The van der Waals surface area contributed by atoms with Crippen LogP contribution in [0.4, 0.5) is 0 Å². The Balaban J connectivity index is 2.81. The first kappa shape index (κ1) is 16.7. The van der Waals surface area contributed by atoms with Crippen LogP contribution in [0.1, 0.15) is 32.6 Å². The SMILES string of the molecule is CCCCCC[Si](C)(OC)[Si](C)(C)c1ccccc1. The Hall–Kier alpha value is -0.386. The maximum atomic E-state index is 6.14. The minimum atomic E-state index is -1.60. The fraction of sp³-hybridized carbons (Fsp3) is 0.625. The summed E-state index contributed by atoms with van der Waals surface area (Å²) < 4.78 is 6.14. The molecule has 0 N–H and O–H groups in total. The van der Waals surface area contributed by atoms with Gasteiger partial charge in [-0.15, -0.1) is 0 Å². The maximum absolute atomic E-state index is 6.14. The van der Waals surface area contributed by atoms with E-state index in [1.54, 1.807) is 5.19 Å². The monoisotopic (exact) mass is 294 g/mol. The molecule has 1 aromatic carbocycles. The zero-order valence-electron chi connectivity index (χ0n) is 13.3. The van der Waals surface area contributed by atoms with Gasteiger partial charge >= 0.3 is 0 Å². The third-order valence-corrected chi connectivity index (χ3v) is 21.6. The first-order valence-corrected chi connectivity index (χ1v) is 14.2. The van der Waals surface area contributed by atoms with Crippen molar-refractivity contribution in [1.29, 1.82) is 0 Å². The molecule has 0 aliphatic heterocycles. The highest BCUT2D eigenvalue weighted by Crippen LogP contribution is 2.26. The van der Waals surface area contributed by atoms with Crippen molar-refractivity contribution in [3.63, 3.8) is 0 Å². The van der Waals surface area contributed by atoms with Crippen molar-refractivity contribution in [3.05, 3.63) is 30.3 Å². The summed E-state index contributed by atoms with van der Waals surface area (Å²) in [5.74, 6) is 0. The third-order valence-electron chi connectivity index (χ3n) is 4.78. The molecule has 1 rings (SSSR count). The average molecular weight is 295 g/mol. The second kappa shape index (κ2) is 7.41. The molecule has 0 aliphatic carbocycles. The van der Waals surface area contributed by atoms with Gasteiger partial charge in [-0.2, -0.15) is 0 Å². The summed E-state index contributed by atoms with van der Waals surface area (Å²) in [4.78, 5) is 0. The van der Waals surface area contributed by atoms with E-state index in [1.807, 2.05) is 7.11 Å². The van der Waals surface area contributed by atoms with Crippen LogP contribution in [0.3, 0.4) is 0 Å². The number of benzene rings is 1. The van der Waals surface area contributed by atoms with Crippen molar-refractivity contribution in [1.82, 2.24) is 0 Å². The van der Waals surface area contributed by atoms with E-state index in [0.29, 0.717) is 0 Å². The highest BCUT2D eigenvalue weighted by atomic mass is 29.3. The van der Waals surface area contributed by atoms with Crippen molar-refractivity contribution in [3.8, 4) is 0 Å². The second-order valence-electron chi connectivity index (χ2n) is 6.24. The average Bonchev–Trinajstić information content (AvgIpc) is 2.44. The van der Waals surface area contributed by atoms with Crippen LogP contribution in [0.15, 0.2) is 30.3 Å². The van der Waals surface area contributed by atoms with Crippen LogP contribution in [-0.2, 0) is 4.43 Å². The smallest absolute Gasteiger partial charge is 0.181 e. The zero-order chi connectivity index (χ0) is 14.4. The van der Waals surface area contributed by atoms with Crippen molar-refractivity contribution < 1.29 is 4.43 Å². The van der Waals surface area contributed by atoms with Crippen molar-refractivity contribution in [2.24, 2.45) is 0 Å². The molecule has 0 aliphatic rings. The zero-order valence-corrected chi connectivity index (χ0v) is 15.3. The molecule has 0 saturated carbocycles. The van der Waals surface area contributed by atoms with Gasteiger partial charge in [0.25, 0.3) is 0 Å². The Morgan fingerprint density at radius 3 is 2.11 bits per heavy atom. The molecule has 0 radical (unpaired) electrons. The van der Waals surface area contributed by atoms with Gasteiger partial charge in [0, 0.05) is 7.11 Å². The molecule has 108 valence electrons. The predicted octanol–water partition coefficient (Wildman–Crippen LogP) is 4.48. The highest BCUT2D eigenvalue weighted by Gasteiger charge is 2.46. The Bertz CT molecular complexity index is 364. The van der Waals surface area contributed by atoms with Gasteiger partial charge in [0.15, 0.2) is 7.83 Å². The molecule has 0 spiro atoms. The number of hydrogen-bond donors (Lipinski definition) is 0. The standard InChI is InChI=1S/C16H30OSi2/c1-6-7-8-12-15-19(5,17-2)18(3,4)16-13-10-9-11-14-16/h9-11,13-14H,6-8,12,15H2,1-5H3. The van der Waals surface area contributed by atoms with Gasteiger partial charge in [-0.05, 0) is 12.6 Å². The lowest BCUT2D eigenvalue weighted by molar-refractivity contribution is 0.410. The lowest BCUT2D eigenvalue weighted by Gasteiger charge is -2.40. The summed E-state index contributed by atoms with van der Waals surface area (Å²) in [7, 11) is -1.13. The first-order valence-electron chi connectivity index (χ1n) is 7.58. The molecule has 3 heteroatoms. The minimum Gasteiger partial charge on any atom is -0.422 e. The topological polar surface area (TPSA) is 9.23 Å². The second-order valence-corrected chi connectivity index (χ2v) is 20.4. The molecule has 1 unspecified atom stereocenters. The normalized spacial score (nSPS) is 15.2. The van der Waals surface area contributed by atoms with Crippen molar-refractivity contribution >= 4 is 20.6 Å². The number of hydrogen-bond acceptors (Lipinski definition) is 1. The molecule has 0 bridgehead atoms. The van der Waals surface area contributed by atoms with E-state index in [9.17, 15) is 0 Å². The highest BCUT2D eigenvalue weighted by molar-refractivity contribution is 7.43. The summed E-state index contributed by atoms with van der Waals surface area (Å²) in [5.41, 5.74) is 0. The van der Waals surface area contributed by atoms with E-state index < -0.39 is 15.4 Å². The Labute approximate surface area is 121 Å². The van der Waals surface area contributed by atoms with E-state index in [-0.39, 0.29) is 0 Å². The van der Waals surface area contributed by atoms with E-state index >= 15 is 0 Å². The summed E-state index contributed by atoms with van der Waals surface area (Å²) in [6, 6.07) is 12.4. The lowest BCUT2D eigenvalue weighted by atomic mass is 10.2. The van der Waals surface area contributed by atoms with Gasteiger partial charge < -0.3 is 4.43 Å². The summed E-state index contributed by atoms with van der Waals surface area (Å²) in [5, 5.41) is 1.56. The fourth-order valence-electron chi connectivity index (χ4n) is 2.72. The minimum absolute atomic E-state index is 1.31. The predicted molar refractivity (Wildman–Crippen MR) is 91.1 cm³/mol. The van der Waals surface area contributed by atoms with Gasteiger partial charge in [-0.25, -0.2) is 0 Å². The van der Waals surface area contributed by atoms with Gasteiger partial charge in [0.1, 0.15) is 7.59 Å². The molecular formula is C16H30OSi2. The molecule has 1 nitrogen and oxygen atoms in total. The molecule has 0 aromatic heterocycles.